The van der Waals surface area contributed by atoms with Crippen LogP contribution in [0.5, 0.6) is 5.75 Å². The summed E-state index contributed by atoms with van der Waals surface area (Å²) in [6, 6.07) is 12.8. The van der Waals surface area contributed by atoms with Crippen LogP contribution in [-0.4, -0.2) is 56.5 Å². The van der Waals surface area contributed by atoms with E-state index in [1.165, 1.54) is 27.9 Å². The zero-order valence-corrected chi connectivity index (χ0v) is 23.1. The zero-order valence-electron chi connectivity index (χ0n) is 22.3. The van der Waals surface area contributed by atoms with Crippen LogP contribution in [0.15, 0.2) is 42.5 Å². The Balaban J connectivity index is 2.14. The predicted octanol–water partition coefficient (Wildman–Crippen LogP) is 4.34. The molecule has 5 atom stereocenters. The lowest BCUT2D eigenvalue weighted by Crippen LogP contribution is -2.66. The number of hydrogen-bond donors (Lipinski definition) is 0. The second-order valence-electron chi connectivity index (χ2n) is 8.95. The molecule has 1 aliphatic rings. The fourth-order valence-corrected chi connectivity index (χ4v) is 4.84. The van der Waals surface area contributed by atoms with Crippen molar-refractivity contribution >= 4 is 29.5 Å². The van der Waals surface area contributed by atoms with Gasteiger partial charge in [-0.3, -0.25) is 14.4 Å². The number of rotatable bonds is 9. The normalized spacial score (nSPS) is 24.8. The summed E-state index contributed by atoms with van der Waals surface area (Å²) in [6.07, 6.45) is -3.46. The summed E-state index contributed by atoms with van der Waals surface area (Å²) >= 11 is 6.57. The summed E-state index contributed by atoms with van der Waals surface area (Å²) in [5.41, 5.74) is 2.22. The molecule has 0 saturated carbocycles. The predicted molar refractivity (Wildman–Crippen MR) is 138 cm³/mol. The highest BCUT2D eigenvalue weighted by Gasteiger charge is 2.60. The molecule has 0 radical (unpaired) electrons. The van der Waals surface area contributed by atoms with Gasteiger partial charge in [0.2, 0.25) is 11.9 Å². The topological polar surface area (TPSA) is 107 Å². The molecule has 0 amide bonds. The van der Waals surface area contributed by atoms with Gasteiger partial charge in [0.15, 0.2) is 12.2 Å². The second kappa shape index (κ2) is 12.6. The number of ether oxygens (including phenoxy) is 6. The number of halogens is 1. The third kappa shape index (κ3) is 6.46. The Kier molecular flexibility index (Phi) is 9.76. The van der Waals surface area contributed by atoms with Gasteiger partial charge in [0, 0.05) is 38.5 Å². The lowest BCUT2D eigenvalue weighted by Gasteiger charge is -2.50. The van der Waals surface area contributed by atoms with Crippen LogP contribution in [0.3, 0.4) is 0 Å². The van der Waals surface area contributed by atoms with E-state index in [0.29, 0.717) is 23.4 Å². The average molecular weight is 549 g/mol. The highest BCUT2D eigenvalue weighted by atomic mass is 35.5. The molecule has 0 aromatic heterocycles. The van der Waals surface area contributed by atoms with E-state index in [9.17, 15) is 14.4 Å². The number of benzene rings is 2. The van der Waals surface area contributed by atoms with Gasteiger partial charge in [-0.15, -0.1) is 0 Å². The van der Waals surface area contributed by atoms with Crippen LogP contribution in [-0.2, 0) is 50.3 Å². The first kappa shape index (κ1) is 29.4. The molecule has 1 heterocycles. The highest BCUT2D eigenvalue weighted by molar-refractivity contribution is 6.31. The van der Waals surface area contributed by atoms with E-state index in [0.717, 1.165) is 16.9 Å². The average Bonchev–Trinajstić information content (AvgIpc) is 2.87. The largest absolute Gasteiger partial charge is 0.497 e. The van der Waals surface area contributed by atoms with Crippen LogP contribution in [0.4, 0.5) is 0 Å². The highest BCUT2D eigenvalue weighted by Crippen LogP contribution is 2.44. The van der Waals surface area contributed by atoms with Crippen LogP contribution < -0.4 is 4.74 Å². The first-order valence-corrected chi connectivity index (χ1v) is 12.6. The minimum Gasteiger partial charge on any atom is -0.497 e. The van der Waals surface area contributed by atoms with Gasteiger partial charge >= 0.3 is 17.9 Å². The molecule has 3 rings (SSSR count). The van der Waals surface area contributed by atoms with Gasteiger partial charge in [0.1, 0.15) is 11.9 Å². The van der Waals surface area contributed by atoms with Crippen LogP contribution >= 0.6 is 11.6 Å². The molecule has 0 N–H and O–H groups in total. The van der Waals surface area contributed by atoms with Crippen molar-refractivity contribution in [3.8, 4) is 5.75 Å². The Hall–Kier alpha value is -3.14. The van der Waals surface area contributed by atoms with Gasteiger partial charge in [0.05, 0.1) is 7.11 Å². The molecule has 1 fully saturated rings. The van der Waals surface area contributed by atoms with E-state index in [1.807, 2.05) is 31.2 Å². The molecule has 2 aromatic rings. The van der Waals surface area contributed by atoms with Crippen LogP contribution in [0.2, 0.25) is 5.02 Å². The minimum absolute atomic E-state index is 0.375. The Morgan fingerprint density at radius 3 is 2.03 bits per heavy atom. The first-order valence-electron chi connectivity index (χ1n) is 12.2. The summed E-state index contributed by atoms with van der Waals surface area (Å²) in [7, 11) is 3.00. The molecular formula is C28H33ClO9. The first-order chi connectivity index (χ1) is 18.0. The second-order valence-corrected chi connectivity index (χ2v) is 9.35. The van der Waals surface area contributed by atoms with Crippen molar-refractivity contribution in [1.82, 2.24) is 0 Å². The molecule has 0 spiro atoms. The van der Waals surface area contributed by atoms with Crippen LogP contribution in [0.1, 0.15) is 50.8 Å². The molecule has 1 aliphatic heterocycles. The molecule has 38 heavy (non-hydrogen) atoms. The number of hydrogen-bond acceptors (Lipinski definition) is 9. The summed E-state index contributed by atoms with van der Waals surface area (Å²) in [4.78, 5) is 36.4. The van der Waals surface area contributed by atoms with Gasteiger partial charge in [0.25, 0.3) is 0 Å². The van der Waals surface area contributed by atoms with E-state index in [2.05, 4.69) is 0 Å². The van der Waals surface area contributed by atoms with E-state index < -0.39 is 48.1 Å². The van der Waals surface area contributed by atoms with Crippen molar-refractivity contribution in [3.05, 3.63) is 64.2 Å². The number of esters is 3. The van der Waals surface area contributed by atoms with Crippen molar-refractivity contribution in [3.63, 3.8) is 0 Å². The van der Waals surface area contributed by atoms with Crippen molar-refractivity contribution in [2.45, 2.75) is 70.7 Å². The third-order valence-corrected chi connectivity index (χ3v) is 6.66. The maximum atomic E-state index is 12.3. The maximum absolute atomic E-state index is 12.3. The van der Waals surface area contributed by atoms with Gasteiger partial charge in [-0.25, -0.2) is 0 Å². The van der Waals surface area contributed by atoms with Crippen molar-refractivity contribution in [2.75, 3.05) is 14.2 Å². The van der Waals surface area contributed by atoms with E-state index >= 15 is 0 Å². The summed E-state index contributed by atoms with van der Waals surface area (Å²) in [6.45, 7) is 5.50. The minimum atomic E-state index is -1.71. The Bertz CT molecular complexity index is 1150. The fourth-order valence-electron chi connectivity index (χ4n) is 4.66. The van der Waals surface area contributed by atoms with Crippen molar-refractivity contribution < 1.29 is 42.8 Å². The molecule has 0 aliphatic carbocycles. The van der Waals surface area contributed by atoms with Gasteiger partial charge < -0.3 is 28.4 Å². The third-order valence-electron chi connectivity index (χ3n) is 6.29. The molecule has 0 bridgehead atoms. The quantitative estimate of drug-likeness (QED) is 0.334. The Morgan fingerprint density at radius 2 is 1.50 bits per heavy atom. The number of carbonyl (C=O) groups excluding carboxylic acids is 3. The Morgan fingerprint density at radius 1 is 0.895 bits per heavy atom. The van der Waals surface area contributed by atoms with Gasteiger partial charge in [-0.2, -0.15) is 0 Å². The van der Waals surface area contributed by atoms with Gasteiger partial charge in [-0.1, -0.05) is 36.7 Å². The summed E-state index contributed by atoms with van der Waals surface area (Å²) in [5, 5.41) is 0.511. The summed E-state index contributed by atoms with van der Waals surface area (Å²) < 4.78 is 34.4. The smallest absolute Gasteiger partial charge is 0.303 e. The van der Waals surface area contributed by atoms with Gasteiger partial charge in [-0.05, 0) is 48.2 Å². The monoisotopic (exact) mass is 548 g/mol. The fraction of sp³-hybridized carbons (Fsp3) is 0.464. The van der Waals surface area contributed by atoms with Crippen molar-refractivity contribution in [1.29, 1.82) is 0 Å². The molecule has 206 valence electrons. The molecule has 9 nitrogen and oxygen atoms in total. The molecule has 2 aromatic carbocycles. The lowest BCUT2D eigenvalue weighted by atomic mass is 9.85. The molecular weight excluding hydrogens is 516 g/mol. The number of methoxy groups -OCH3 is 2. The lowest BCUT2D eigenvalue weighted by molar-refractivity contribution is -0.365. The van der Waals surface area contributed by atoms with E-state index in [4.69, 9.17) is 40.0 Å². The van der Waals surface area contributed by atoms with Crippen molar-refractivity contribution in [2.24, 2.45) is 0 Å². The van der Waals surface area contributed by atoms with E-state index in [1.54, 1.807) is 25.3 Å². The SMILES string of the molecule is CC[C@H]1O[C@@](OC)(c2ccc(Cl)c(Cc3ccc(OC)cc3)c2)[C@H](OC(C)=O)[C@@H](OC(C)=O)[C@@H]1OC(C)=O. The zero-order chi connectivity index (χ0) is 28.0. The molecule has 1 saturated heterocycles. The standard InChI is InChI=1S/C28H33ClO9/c1-7-24-25(35-16(2)30)26(36-17(3)31)27(37-18(4)32)28(34-6,38-24)21-10-13-23(29)20(15-21)14-19-8-11-22(33-5)12-9-19/h8-13,15,24-27H,7,14H2,1-6H3/t24-,25-,26+,27-,28+/m1/s1. The summed E-state index contributed by atoms with van der Waals surface area (Å²) in [5.74, 6) is -2.89. The molecule has 10 heteroatoms. The maximum Gasteiger partial charge on any atom is 0.303 e. The van der Waals surface area contributed by atoms with Crippen LogP contribution in [0, 0.1) is 0 Å². The number of carbonyl (C=O) groups is 3. The Labute approximate surface area is 227 Å². The van der Waals surface area contributed by atoms with Crippen LogP contribution in [0.25, 0.3) is 0 Å². The molecule has 0 unspecified atom stereocenters. The van der Waals surface area contributed by atoms with E-state index in [-0.39, 0.29) is 0 Å².